The number of rotatable bonds is 7. The number of Topliss-reactive ketones (excluding diaryl/α,β-unsaturated/α-hetero) is 1. The second kappa shape index (κ2) is 10.3. The zero-order valence-corrected chi connectivity index (χ0v) is 19.7. The number of ketones is 1. The number of hydrogen-bond acceptors (Lipinski definition) is 7. The van der Waals surface area contributed by atoms with Crippen molar-refractivity contribution in [3.8, 4) is 11.5 Å². The van der Waals surface area contributed by atoms with Gasteiger partial charge in [0.15, 0.2) is 11.5 Å². The second-order valence-corrected chi connectivity index (χ2v) is 8.43. The van der Waals surface area contributed by atoms with E-state index < -0.39 is 17.7 Å². The Morgan fingerprint density at radius 1 is 1.00 bits per heavy atom. The molecule has 180 valence electrons. The van der Waals surface area contributed by atoms with Crippen LogP contribution in [0.3, 0.4) is 0 Å². The SMILES string of the molecule is COc1ccc(C(O)=C2C(=O)C(=O)N(CCN3CCOCC3)C2c2ccc(C)cc2)cc1OC. The molecule has 2 aromatic rings. The maximum atomic E-state index is 13.2. The number of aliphatic hydroxyl groups excluding tert-OH is 1. The van der Waals surface area contributed by atoms with Crippen molar-refractivity contribution in [2.45, 2.75) is 13.0 Å². The minimum atomic E-state index is -0.695. The minimum absolute atomic E-state index is 0.0723. The third-order valence-corrected chi connectivity index (χ3v) is 6.35. The quantitative estimate of drug-likeness (QED) is 0.381. The van der Waals surface area contributed by atoms with Crippen molar-refractivity contribution < 1.29 is 28.9 Å². The molecule has 4 rings (SSSR count). The van der Waals surface area contributed by atoms with E-state index in [0.717, 1.165) is 24.2 Å². The van der Waals surface area contributed by atoms with E-state index in [1.54, 1.807) is 23.1 Å². The first-order chi connectivity index (χ1) is 16.4. The van der Waals surface area contributed by atoms with Gasteiger partial charge in [-0.2, -0.15) is 0 Å². The molecular formula is C26H30N2O6. The number of aryl methyl sites for hydroxylation is 1. The molecule has 0 spiro atoms. The Morgan fingerprint density at radius 2 is 1.68 bits per heavy atom. The smallest absolute Gasteiger partial charge is 0.295 e. The molecule has 0 aliphatic carbocycles. The van der Waals surface area contributed by atoms with E-state index in [1.807, 2.05) is 31.2 Å². The van der Waals surface area contributed by atoms with Gasteiger partial charge in [0.25, 0.3) is 11.7 Å². The summed E-state index contributed by atoms with van der Waals surface area (Å²) in [5.74, 6) is -0.625. The van der Waals surface area contributed by atoms with E-state index in [-0.39, 0.29) is 11.3 Å². The zero-order valence-electron chi connectivity index (χ0n) is 19.7. The van der Waals surface area contributed by atoms with Crippen LogP contribution in [0.5, 0.6) is 11.5 Å². The molecule has 8 heteroatoms. The highest BCUT2D eigenvalue weighted by atomic mass is 16.5. The summed E-state index contributed by atoms with van der Waals surface area (Å²) in [5, 5.41) is 11.3. The fourth-order valence-electron chi connectivity index (χ4n) is 4.42. The number of morpholine rings is 1. The van der Waals surface area contributed by atoms with E-state index in [9.17, 15) is 14.7 Å². The lowest BCUT2D eigenvalue weighted by Crippen LogP contribution is -2.42. The molecule has 2 fully saturated rings. The summed E-state index contributed by atoms with van der Waals surface area (Å²) in [4.78, 5) is 30.1. The maximum Gasteiger partial charge on any atom is 0.295 e. The predicted molar refractivity (Wildman–Crippen MR) is 127 cm³/mol. The standard InChI is InChI=1S/C26H30N2O6/c1-17-4-6-18(7-5-17)23-22(24(29)19-8-9-20(32-2)21(16-19)33-3)25(30)26(31)28(23)11-10-27-12-14-34-15-13-27/h4-9,16,23,29H,10-15H2,1-3H3. The van der Waals surface area contributed by atoms with Crippen LogP contribution in [0.4, 0.5) is 0 Å². The van der Waals surface area contributed by atoms with Gasteiger partial charge < -0.3 is 24.2 Å². The fraction of sp³-hybridized carbons (Fsp3) is 0.385. The molecule has 2 aliphatic heterocycles. The third kappa shape index (κ3) is 4.64. The lowest BCUT2D eigenvalue weighted by Gasteiger charge is -2.31. The lowest BCUT2D eigenvalue weighted by atomic mass is 9.94. The van der Waals surface area contributed by atoms with Gasteiger partial charge in [-0.1, -0.05) is 29.8 Å². The summed E-state index contributed by atoms with van der Waals surface area (Å²) in [5.41, 5.74) is 2.28. The Balaban J connectivity index is 1.75. The number of likely N-dealkylation sites (tertiary alicyclic amines) is 1. The molecule has 1 atom stereocenters. The molecule has 0 bridgehead atoms. The molecule has 0 aromatic heterocycles. The van der Waals surface area contributed by atoms with Gasteiger partial charge in [0.1, 0.15) is 5.76 Å². The number of benzene rings is 2. The van der Waals surface area contributed by atoms with Gasteiger partial charge in [0.05, 0.1) is 39.0 Å². The monoisotopic (exact) mass is 466 g/mol. The highest BCUT2D eigenvalue weighted by Crippen LogP contribution is 2.40. The van der Waals surface area contributed by atoms with Gasteiger partial charge in [0.2, 0.25) is 0 Å². The molecule has 8 nitrogen and oxygen atoms in total. The Hall–Kier alpha value is -3.36. The highest BCUT2D eigenvalue weighted by Gasteiger charge is 2.46. The van der Waals surface area contributed by atoms with Gasteiger partial charge in [-0.15, -0.1) is 0 Å². The summed E-state index contributed by atoms with van der Waals surface area (Å²) in [6.07, 6.45) is 0. The van der Waals surface area contributed by atoms with Crippen LogP contribution in [0.2, 0.25) is 0 Å². The first-order valence-electron chi connectivity index (χ1n) is 11.3. The van der Waals surface area contributed by atoms with Crippen LogP contribution in [-0.4, -0.2) is 80.2 Å². The molecule has 0 saturated carbocycles. The zero-order chi connectivity index (χ0) is 24.2. The number of methoxy groups -OCH3 is 2. The second-order valence-electron chi connectivity index (χ2n) is 8.43. The fourth-order valence-corrected chi connectivity index (χ4v) is 4.42. The van der Waals surface area contributed by atoms with E-state index in [4.69, 9.17) is 14.2 Å². The Morgan fingerprint density at radius 3 is 2.32 bits per heavy atom. The van der Waals surface area contributed by atoms with Crippen molar-refractivity contribution in [3.63, 3.8) is 0 Å². The number of amides is 1. The molecular weight excluding hydrogens is 436 g/mol. The number of nitrogens with zero attached hydrogens (tertiary/aromatic N) is 2. The number of carbonyl (C=O) groups excluding carboxylic acids is 2. The Bertz CT molecular complexity index is 1090. The number of hydrogen-bond donors (Lipinski definition) is 1. The van der Waals surface area contributed by atoms with Gasteiger partial charge in [0, 0.05) is 31.7 Å². The van der Waals surface area contributed by atoms with Gasteiger partial charge >= 0.3 is 0 Å². The number of aliphatic hydroxyl groups is 1. The number of ether oxygens (including phenoxy) is 3. The molecule has 0 radical (unpaired) electrons. The summed E-state index contributed by atoms with van der Waals surface area (Å²) < 4.78 is 16.0. The topological polar surface area (TPSA) is 88.5 Å². The van der Waals surface area contributed by atoms with E-state index in [2.05, 4.69) is 4.90 Å². The van der Waals surface area contributed by atoms with Crippen molar-refractivity contribution in [1.82, 2.24) is 9.80 Å². The van der Waals surface area contributed by atoms with Crippen molar-refractivity contribution >= 4 is 17.4 Å². The van der Waals surface area contributed by atoms with Gasteiger partial charge in [-0.05, 0) is 30.7 Å². The average molecular weight is 467 g/mol. The Kier molecular flexibility index (Phi) is 7.19. The van der Waals surface area contributed by atoms with Crippen LogP contribution in [0, 0.1) is 6.92 Å². The molecule has 1 amide bonds. The molecule has 2 heterocycles. The molecule has 2 saturated heterocycles. The van der Waals surface area contributed by atoms with Crippen molar-refractivity contribution in [3.05, 3.63) is 64.7 Å². The first kappa shape index (κ1) is 23.8. The lowest BCUT2D eigenvalue weighted by molar-refractivity contribution is -0.140. The van der Waals surface area contributed by atoms with E-state index >= 15 is 0 Å². The van der Waals surface area contributed by atoms with Gasteiger partial charge in [-0.3, -0.25) is 14.5 Å². The molecule has 34 heavy (non-hydrogen) atoms. The minimum Gasteiger partial charge on any atom is -0.507 e. The molecule has 2 aromatic carbocycles. The van der Waals surface area contributed by atoms with Crippen LogP contribution in [0.25, 0.3) is 5.76 Å². The largest absolute Gasteiger partial charge is 0.507 e. The normalized spacial score (nSPS) is 20.6. The van der Waals surface area contributed by atoms with Crippen LogP contribution in [0.1, 0.15) is 22.7 Å². The molecule has 1 N–H and O–H groups in total. The number of carbonyl (C=O) groups is 2. The summed E-state index contributed by atoms with van der Waals surface area (Å²) >= 11 is 0. The highest BCUT2D eigenvalue weighted by molar-refractivity contribution is 6.46. The average Bonchev–Trinajstić information content (AvgIpc) is 3.12. The van der Waals surface area contributed by atoms with Crippen molar-refractivity contribution in [2.24, 2.45) is 0 Å². The summed E-state index contributed by atoms with van der Waals surface area (Å²) in [6, 6.07) is 11.9. The summed E-state index contributed by atoms with van der Waals surface area (Å²) in [6.45, 7) is 5.83. The molecule has 1 unspecified atom stereocenters. The van der Waals surface area contributed by atoms with Crippen LogP contribution < -0.4 is 9.47 Å². The van der Waals surface area contributed by atoms with E-state index in [0.29, 0.717) is 43.4 Å². The Labute approximate surface area is 199 Å². The van der Waals surface area contributed by atoms with Crippen LogP contribution in [-0.2, 0) is 14.3 Å². The van der Waals surface area contributed by atoms with Crippen molar-refractivity contribution in [1.29, 1.82) is 0 Å². The van der Waals surface area contributed by atoms with Crippen LogP contribution >= 0.6 is 0 Å². The van der Waals surface area contributed by atoms with Crippen molar-refractivity contribution in [2.75, 3.05) is 53.6 Å². The van der Waals surface area contributed by atoms with Crippen LogP contribution in [0.15, 0.2) is 48.0 Å². The first-order valence-corrected chi connectivity index (χ1v) is 11.3. The summed E-state index contributed by atoms with van der Waals surface area (Å²) in [7, 11) is 3.02. The van der Waals surface area contributed by atoms with Gasteiger partial charge in [-0.25, -0.2) is 0 Å². The maximum absolute atomic E-state index is 13.2. The predicted octanol–water partition coefficient (Wildman–Crippen LogP) is 2.77. The van der Waals surface area contributed by atoms with E-state index in [1.165, 1.54) is 14.2 Å². The molecule has 2 aliphatic rings. The third-order valence-electron chi connectivity index (χ3n) is 6.35.